The lowest BCUT2D eigenvalue weighted by molar-refractivity contribution is 0.476. The van der Waals surface area contributed by atoms with Crippen LogP contribution in [-0.4, -0.2) is 13.5 Å². The predicted octanol–water partition coefficient (Wildman–Crippen LogP) is 1.52. The Kier molecular flexibility index (Phi) is 2.13. The van der Waals surface area contributed by atoms with E-state index in [1.807, 2.05) is 0 Å². The van der Waals surface area contributed by atoms with Crippen molar-refractivity contribution in [3.8, 4) is 5.75 Å². The molecule has 3 nitrogen and oxygen atoms in total. The molecule has 0 unspecified atom stereocenters. The SMILES string of the molecule is O=[SH](=O)c1ccc2cc(O)ccc2c1. The molecule has 2 rings (SSSR count). The molecule has 0 heterocycles. The van der Waals surface area contributed by atoms with Crippen molar-refractivity contribution in [3.63, 3.8) is 0 Å². The maximum absolute atomic E-state index is 10.7. The Balaban J connectivity index is 2.73. The molecule has 2 aromatic carbocycles. The number of fused-ring (bicyclic) bond motifs is 1. The fourth-order valence-corrected chi connectivity index (χ4v) is 1.77. The largest absolute Gasteiger partial charge is 0.508 e. The molecule has 0 bridgehead atoms. The van der Waals surface area contributed by atoms with Gasteiger partial charge in [0.25, 0.3) is 0 Å². The Morgan fingerprint density at radius 3 is 2.29 bits per heavy atom. The van der Waals surface area contributed by atoms with Crippen LogP contribution in [0.25, 0.3) is 10.8 Å². The van der Waals surface area contributed by atoms with E-state index in [-0.39, 0.29) is 10.6 Å². The molecule has 72 valence electrons. The van der Waals surface area contributed by atoms with Crippen LogP contribution in [0, 0.1) is 0 Å². The van der Waals surface area contributed by atoms with Crippen molar-refractivity contribution in [2.24, 2.45) is 0 Å². The molecule has 14 heavy (non-hydrogen) atoms. The summed E-state index contributed by atoms with van der Waals surface area (Å²) in [6, 6.07) is 9.59. The standard InChI is InChI=1S/C10H8O3S/c11-9-3-1-8-6-10(14(12)13)4-2-7(8)5-9/h1-6,11,14H. The molecule has 0 fully saturated rings. The summed E-state index contributed by atoms with van der Waals surface area (Å²) in [4.78, 5) is 0.290. The summed E-state index contributed by atoms with van der Waals surface area (Å²) in [7, 11) is -2.54. The number of hydrogen-bond donors (Lipinski definition) is 2. The smallest absolute Gasteiger partial charge is 0.168 e. The van der Waals surface area contributed by atoms with Gasteiger partial charge in [-0.25, -0.2) is 8.42 Å². The average Bonchev–Trinajstić information content (AvgIpc) is 2.16. The fourth-order valence-electron chi connectivity index (χ4n) is 1.33. The second-order valence-electron chi connectivity index (χ2n) is 2.97. The van der Waals surface area contributed by atoms with E-state index in [9.17, 15) is 13.5 Å². The van der Waals surface area contributed by atoms with Crippen molar-refractivity contribution >= 4 is 21.5 Å². The van der Waals surface area contributed by atoms with Gasteiger partial charge in [0, 0.05) is 0 Å². The lowest BCUT2D eigenvalue weighted by Crippen LogP contribution is -1.80. The van der Waals surface area contributed by atoms with Crippen molar-refractivity contribution in [2.45, 2.75) is 4.90 Å². The zero-order valence-corrected chi connectivity index (χ0v) is 8.07. The first-order valence-corrected chi connectivity index (χ1v) is 5.22. The van der Waals surface area contributed by atoms with E-state index in [1.165, 1.54) is 12.1 Å². The molecule has 0 aromatic heterocycles. The van der Waals surface area contributed by atoms with Crippen LogP contribution in [0.4, 0.5) is 0 Å². The van der Waals surface area contributed by atoms with E-state index in [1.54, 1.807) is 24.3 Å². The molecule has 1 N–H and O–H groups in total. The average molecular weight is 208 g/mol. The molecular weight excluding hydrogens is 200 g/mol. The summed E-state index contributed by atoms with van der Waals surface area (Å²) in [6.45, 7) is 0. The van der Waals surface area contributed by atoms with Crippen molar-refractivity contribution in [2.75, 3.05) is 0 Å². The second kappa shape index (κ2) is 3.31. The third-order valence-electron chi connectivity index (χ3n) is 2.02. The minimum atomic E-state index is -2.54. The normalized spacial score (nSPS) is 10.9. The Bertz CT molecular complexity index is 550. The maximum Gasteiger partial charge on any atom is 0.168 e. The van der Waals surface area contributed by atoms with Crippen LogP contribution < -0.4 is 0 Å². The van der Waals surface area contributed by atoms with Gasteiger partial charge in [0.05, 0.1) is 4.90 Å². The van der Waals surface area contributed by atoms with Crippen molar-refractivity contribution in [1.29, 1.82) is 0 Å². The number of aromatic hydroxyl groups is 1. The molecule has 0 aliphatic heterocycles. The Labute approximate surface area is 82.6 Å². The van der Waals surface area contributed by atoms with Gasteiger partial charge in [0.2, 0.25) is 0 Å². The molecule has 0 aliphatic rings. The quantitative estimate of drug-likeness (QED) is 0.698. The van der Waals surface area contributed by atoms with Crippen LogP contribution in [0.15, 0.2) is 41.3 Å². The van der Waals surface area contributed by atoms with Crippen LogP contribution in [-0.2, 0) is 10.7 Å². The van der Waals surface area contributed by atoms with Gasteiger partial charge in [-0.05, 0) is 35.0 Å². The van der Waals surface area contributed by atoms with Crippen molar-refractivity contribution < 1.29 is 13.5 Å². The minimum Gasteiger partial charge on any atom is -0.508 e. The van der Waals surface area contributed by atoms with Gasteiger partial charge in [0.1, 0.15) is 5.75 Å². The molecule has 0 saturated heterocycles. The lowest BCUT2D eigenvalue weighted by Gasteiger charge is -1.98. The van der Waals surface area contributed by atoms with Crippen LogP contribution in [0.5, 0.6) is 5.75 Å². The molecule has 0 radical (unpaired) electrons. The molecule has 0 spiro atoms. The van der Waals surface area contributed by atoms with E-state index >= 15 is 0 Å². The van der Waals surface area contributed by atoms with Gasteiger partial charge < -0.3 is 5.11 Å². The molecule has 0 saturated carbocycles. The van der Waals surface area contributed by atoms with Gasteiger partial charge in [0.15, 0.2) is 10.7 Å². The van der Waals surface area contributed by atoms with Gasteiger partial charge in [-0.3, -0.25) is 0 Å². The van der Waals surface area contributed by atoms with E-state index in [2.05, 4.69) is 0 Å². The molecule has 0 atom stereocenters. The Morgan fingerprint density at radius 2 is 1.57 bits per heavy atom. The highest BCUT2D eigenvalue weighted by Crippen LogP contribution is 2.21. The van der Waals surface area contributed by atoms with Crippen LogP contribution in [0.2, 0.25) is 0 Å². The number of phenolic OH excluding ortho intramolecular Hbond substituents is 1. The summed E-state index contributed by atoms with van der Waals surface area (Å²) in [6.07, 6.45) is 0. The van der Waals surface area contributed by atoms with Gasteiger partial charge in [-0.1, -0.05) is 12.1 Å². The van der Waals surface area contributed by atoms with Crippen molar-refractivity contribution in [3.05, 3.63) is 36.4 Å². The first kappa shape index (κ1) is 9.02. The summed E-state index contributed by atoms with van der Waals surface area (Å²) in [5.74, 6) is 0.178. The third-order valence-corrected chi connectivity index (χ3v) is 2.72. The zero-order chi connectivity index (χ0) is 10.1. The van der Waals surface area contributed by atoms with E-state index in [0.29, 0.717) is 0 Å². The van der Waals surface area contributed by atoms with Crippen LogP contribution >= 0.6 is 0 Å². The molecule has 2 aromatic rings. The summed E-state index contributed by atoms with van der Waals surface area (Å²) in [5.41, 5.74) is 0. The van der Waals surface area contributed by atoms with Gasteiger partial charge in [-0.15, -0.1) is 0 Å². The molecule has 0 aliphatic carbocycles. The predicted molar refractivity (Wildman–Crippen MR) is 54.2 cm³/mol. The Hall–Kier alpha value is -1.55. The van der Waals surface area contributed by atoms with Crippen molar-refractivity contribution in [1.82, 2.24) is 0 Å². The highest BCUT2D eigenvalue weighted by atomic mass is 32.2. The second-order valence-corrected chi connectivity index (χ2v) is 4.00. The highest BCUT2D eigenvalue weighted by molar-refractivity contribution is 7.72. The minimum absolute atomic E-state index is 0.178. The summed E-state index contributed by atoms with van der Waals surface area (Å²) < 4.78 is 21.4. The number of hydrogen-bond acceptors (Lipinski definition) is 3. The number of thiol groups is 1. The number of rotatable bonds is 1. The first-order valence-electron chi connectivity index (χ1n) is 4.04. The van der Waals surface area contributed by atoms with Gasteiger partial charge in [-0.2, -0.15) is 0 Å². The lowest BCUT2D eigenvalue weighted by atomic mass is 10.1. The number of phenols is 1. The Morgan fingerprint density at radius 1 is 0.929 bits per heavy atom. The highest BCUT2D eigenvalue weighted by Gasteiger charge is 1.98. The summed E-state index contributed by atoms with van der Waals surface area (Å²) >= 11 is 0. The van der Waals surface area contributed by atoms with Crippen LogP contribution in [0.1, 0.15) is 0 Å². The molecule has 0 amide bonds. The third kappa shape index (κ3) is 1.56. The number of benzene rings is 2. The van der Waals surface area contributed by atoms with E-state index in [0.717, 1.165) is 10.8 Å². The van der Waals surface area contributed by atoms with E-state index < -0.39 is 10.7 Å². The van der Waals surface area contributed by atoms with Crippen LogP contribution in [0.3, 0.4) is 0 Å². The fraction of sp³-hybridized carbons (Fsp3) is 0. The van der Waals surface area contributed by atoms with Gasteiger partial charge >= 0.3 is 0 Å². The molecular formula is C10H8O3S. The van der Waals surface area contributed by atoms with E-state index in [4.69, 9.17) is 0 Å². The topological polar surface area (TPSA) is 54.4 Å². The maximum atomic E-state index is 10.7. The molecule has 4 heteroatoms. The monoisotopic (exact) mass is 208 g/mol. The summed E-state index contributed by atoms with van der Waals surface area (Å²) in [5, 5.41) is 10.8. The first-order chi connectivity index (χ1) is 6.66. The zero-order valence-electron chi connectivity index (χ0n) is 7.18.